The van der Waals surface area contributed by atoms with Crippen LogP contribution in [0.4, 0.5) is 0 Å². The molecular weight excluding hydrogens is 246 g/mol. The predicted octanol–water partition coefficient (Wildman–Crippen LogP) is 3.56. The third-order valence-electron chi connectivity index (χ3n) is 2.71. The fourth-order valence-electron chi connectivity index (χ4n) is 1.69. The molecule has 0 saturated heterocycles. The number of carboxylic acid groups (broad SMARTS) is 1. The molecule has 3 nitrogen and oxygen atoms in total. The highest BCUT2D eigenvalue weighted by molar-refractivity contribution is 7.13. The molecule has 1 aromatic carbocycles. The highest BCUT2D eigenvalue weighted by Gasteiger charge is 2.08. The van der Waals surface area contributed by atoms with Crippen molar-refractivity contribution in [1.82, 2.24) is 4.98 Å². The van der Waals surface area contributed by atoms with E-state index in [1.165, 1.54) is 16.9 Å². The monoisotopic (exact) mass is 261 g/mol. The van der Waals surface area contributed by atoms with Crippen LogP contribution in [0.15, 0.2) is 29.6 Å². The van der Waals surface area contributed by atoms with Crippen LogP contribution in [0.5, 0.6) is 0 Å². The van der Waals surface area contributed by atoms with Gasteiger partial charge in [-0.1, -0.05) is 38.1 Å². The molecule has 0 amide bonds. The largest absolute Gasteiger partial charge is 0.481 e. The molecule has 1 N–H and O–H groups in total. The highest BCUT2D eigenvalue weighted by atomic mass is 32.1. The first kappa shape index (κ1) is 12.8. The number of thiazole rings is 1. The van der Waals surface area contributed by atoms with Gasteiger partial charge in [-0.25, -0.2) is 4.98 Å². The Morgan fingerprint density at radius 2 is 2.00 bits per heavy atom. The zero-order chi connectivity index (χ0) is 13.1. The Morgan fingerprint density at radius 1 is 1.33 bits per heavy atom. The van der Waals surface area contributed by atoms with Gasteiger partial charge < -0.3 is 5.11 Å². The standard InChI is InChI=1S/C14H15NO2S/c1-9(2)10-3-5-11(6-4-10)14-15-12(8-18-14)7-13(16)17/h3-6,8-9H,7H2,1-2H3,(H,16,17). The molecule has 1 heterocycles. The molecule has 2 aromatic rings. The topological polar surface area (TPSA) is 50.2 Å². The molecule has 0 bridgehead atoms. The zero-order valence-electron chi connectivity index (χ0n) is 10.4. The van der Waals surface area contributed by atoms with Crippen LogP contribution in [0.2, 0.25) is 0 Å². The van der Waals surface area contributed by atoms with Crippen LogP contribution >= 0.6 is 11.3 Å². The molecule has 1 aromatic heterocycles. The van der Waals surface area contributed by atoms with Crippen molar-refractivity contribution in [2.75, 3.05) is 0 Å². The molecule has 0 aliphatic heterocycles. The minimum Gasteiger partial charge on any atom is -0.481 e. The summed E-state index contributed by atoms with van der Waals surface area (Å²) >= 11 is 1.48. The Morgan fingerprint density at radius 3 is 2.56 bits per heavy atom. The fraction of sp³-hybridized carbons (Fsp3) is 0.286. The number of hydrogen-bond donors (Lipinski definition) is 1. The molecule has 0 unspecified atom stereocenters. The number of carboxylic acids is 1. The fourth-order valence-corrected chi connectivity index (χ4v) is 2.51. The molecule has 4 heteroatoms. The molecule has 0 spiro atoms. The summed E-state index contributed by atoms with van der Waals surface area (Å²) in [5, 5.41) is 11.4. The van der Waals surface area contributed by atoms with E-state index < -0.39 is 5.97 Å². The summed E-state index contributed by atoms with van der Waals surface area (Å²) in [5.74, 6) is -0.333. The summed E-state index contributed by atoms with van der Waals surface area (Å²) < 4.78 is 0. The second-order valence-electron chi connectivity index (χ2n) is 4.49. The van der Waals surface area contributed by atoms with Crippen LogP contribution in [-0.2, 0) is 11.2 Å². The van der Waals surface area contributed by atoms with Gasteiger partial charge in [0.1, 0.15) is 5.01 Å². The molecule has 0 saturated carbocycles. The van der Waals surface area contributed by atoms with Crippen molar-refractivity contribution in [3.05, 3.63) is 40.9 Å². The van der Waals surface area contributed by atoms with Gasteiger partial charge in [-0.05, 0) is 11.5 Å². The lowest BCUT2D eigenvalue weighted by Gasteiger charge is -2.05. The smallest absolute Gasteiger partial charge is 0.309 e. The van der Waals surface area contributed by atoms with Crippen LogP contribution in [-0.4, -0.2) is 16.1 Å². The quantitative estimate of drug-likeness (QED) is 0.915. The Kier molecular flexibility index (Phi) is 3.77. The van der Waals surface area contributed by atoms with Crippen LogP contribution < -0.4 is 0 Å². The van der Waals surface area contributed by atoms with Gasteiger partial charge in [0, 0.05) is 10.9 Å². The number of carbonyl (C=O) groups is 1. The molecular formula is C14H15NO2S. The van der Waals surface area contributed by atoms with E-state index in [1.807, 2.05) is 12.1 Å². The van der Waals surface area contributed by atoms with E-state index >= 15 is 0 Å². The normalized spacial score (nSPS) is 10.8. The first-order valence-corrected chi connectivity index (χ1v) is 6.70. The SMILES string of the molecule is CC(C)c1ccc(-c2nc(CC(=O)O)cs2)cc1. The van der Waals surface area contributed by atoms with Crippen LogP contribution in [0.3, 0.4) is 0 Å². The van der Waals surface area contributed by atoms with Crippen molar-refractivity contribution in [2.24, 2.45) is 0 Å². The molecule has 0 aliphatic rings. The number of benzene rings is 1. The van der Waals surface area contributed by atoms with E-state index in [0.717, 1.165) is 10.6 Å². The lowest BCUT2D eigenvalue weighted by molar-refractivity contribution is -0.136. The van der Waals surface area contributed by atoms with E-state index in [-0.39, 0.29) is 6.42 Å². The van der Waals surface area contributed by atoms with E-state index in [1.54, 1.807) is 5.38 Å². The zero-order valence-corrected chi connectivity index (χ0v) is 11.2. The van der Waals surface area contributed by atoms with E-state index in [9.17, 15) is 4.79 Å². The molecule has 0 radical (unpaired) electrons. The van der Waals surface area contributed by atoms with Crippen molar-refractivity contribution < 1.29 is 9.90 Å². The van der Waals surface area contributed by atoms with E-state index in [2.05, 4.69) is 31.0 Å². The van der Waals surface area contributed by atoms with Crippen LogP contribution in [0, 0.1) is 0 Å². The van der Waals surface area contributed by atoms with Gasteiger partial charge in [0.15, 0.2) is 0 Å². The summed E-state index contributed by atoms with van der Waals surface area (Å²) in [4.78, 5) is 14.9. The van der Waals surface area contributed by atoms with Gasteiger partial charge in [-0.15, -0.1) is 11.3 Å². The predicted molar refractivity (Wildman–Crippen MR) is 73.0 cm³/mol. The molecule has 0 fully saturated rings. The second kappa shape index (κ2) is 5.31. The van der Waals surface area contributed by atoms with Crippen LogP contribution in [0.25, 0.3) is 10.6 Å². The highest BCUT2D eigenvalue weighted by Crippen LogP contribution is 2.25. The van der Waals surface area contributed by atoms with Crippen molar-refractivity contribution in [2.45, 2.75) is 26.2 Å². The Bertz CT molecular complexity index is 543. The molecule has 0 atom stereocenters. The third kappa shape index (κ3) is 2.96. The van der Waals surface area contributed by atoms with Crippen molar-refractivity contribution in [3.63, 3.8) is 0 Å². The van der Waals surface area contributed by atoms with Gasteiger partial charge in [0.25, 0.3) is 0 Å². The number of nitrogens with zero attached hydrogens (tertiary/aromatic N) is 1. The first-order chi connectivity index (χ1) is 8.56. The maximum atomic E-state index is 10.6. The number of aliphatic carboxylic acids is 1. The molecule has 18 heavy (non-hydrogen) atoms. The molecule has 0 aliphatic carbocycles. The molecule has 2 rings (SSSR count). The maximum absolute atomic E-state index is 10.6. The summed E-state index contributed by atoms with van der Waals surface area (Å²) in [5.41, 5.74) is 2.96. The summed E-state index contributed by atoms with van der Waals surface area (Å²) in [7, 11) is 0. The van der Waals surface area contributed by atoms with Gasteiger partial charge in [-0.2, -0.15) is 0 Å². The van der Waals surface area contributed by atoms with E-state index in [4.69, 9.17) is 5.11 Å². The van der Waals surface area contributed by atoms with Gasteiger partial charge in [0.2, 0.25) is 0 Å². The Labute approximate surface area is 110 Å². The average Bonchev–Trinajstić information content (AvgIpc) is 2.76. The van der Waals surface area contributed by atoms with Gasteiger partial charge in [0.05, 0.1) is 12.1 Å². The molecule has 94 valence electrons. The number of rotatable bonds is 4. The Balaban J connectivity index is 2.20. The van der Waals surface area contributed by atoms with E-state index in [0.29, 0.717) is 11.6 Å². The summed E-state index contributed by atoms with van der Waals surface area (Å²) in [6.45, 7) is 4.31. The first-order valence-electron chi connectivity index (χ1n) is 5.83. The van der Waals surface area contributed by atoms with Crippen molar-refractivity contribution >= 4 is 17.3 Å². The number of hydrogen-bond acceptors (Lipinski definition) is 3. The second-order valence-corrected chi connectivity index (χ2v) is 5.35. The lowest BCUT2D eigenvalue weighted by Crippen LogP contribution is -1.99. The van der Waals surface area contributed by atoms with Gasteiger partial charge >= 0.3 is 5.97 Å². The van der Waals surface area contributed by atoms with Crippen molar-refractivity contribution in [3.8, 4) is 10.6 Å². The minimum atomic E-state index is -0.845. The number of aromatic nitrogens is 1. The Hall–Kier alpha value is -1.68. The summed E-state index contributed by atoms with van der Waals surface area (Å²) in [6, 6.07) is 8.27. The maximum Gasteiger partial charge on any atom is 0.309 e. The lowest BCUT2D eigenvalue weighted by atomic mass is 10.0. The van der Waals surface area contributed by atoms with Crippen LogP contribution in [0.1, 0.15) is 31.0 Å². The third-order valence-corrected chi connectivity index (χ3v) is 3.65. The van der Waals surface area contributed by atoms with Crippen molar-refractivity contribution in [1.29, 1.82) is 0 Å². The minimum absolute atomic E-state index is 0.0133. The summed E-state index contributed by atoms with van der Waals surface area (Å²) in [6.07, 6.45) is -0.0133. The average molecular weight is 261 g/mol. The van der Waals surface area contributed by atoms with Gasteiger partial charge in [-0.3, -0.25) is 4.79 Å².